The molecule has 7 heteroatoms. The number of nitrogens with one attached hydrogen (secondary N) is 2. The van der Waals surface area contributed by atoms with Crippen LogP contribution in [0.25, 0.3) is 0 Å². The zero-order valence-corrected chi connectivity index (χ0v) is 11.6. The first kappa shape index (κ1) is 15.1. The Morgan fingerprint density at radius 1 is 1.35 bits per heavy atom. The molecule has 0 radical (unpaired) electrons. The van der Waals surface area contributed by atoms with Gasteiger partial charge in [0.1, 0.15) is 0 Å². The first-order chi connectivity index (χ1) is 9.65. The van der Waals surface area contributed by atoms with Gasteiger partial charge in [-0.2, -0.15) is 0 Å². The number of nitrogens with zero attached hydrogens (tertiary/aromatic N) is 1. The van der Waals surface area contributed by atoms with Crippen molar-refractivity contribution in [2.75, 3.05) is 32.8 Å². The third-order valence-corrected chi connectivity index (χ3v) is 3.80. The summed E-state index contributed by atoms with van der Waals surface area (Å²) < 4.78 is 5.74. The number of rotatable bonds is 6. The molecule has 2 saturated heterocycles. The van der Waals surface area contributed by atoms with Crippen molar-refractivity contribution in [3.63, 3.8) is 0 Å². The zero-order valence-electron chi connectivity index (χ0n) is 11.6. The van der Waals surface area contributed by atoms with Crippen LogP contribution in [0.15, 0.2) is 0 Å². The van der Waals surface area contributed by atoms with Crippen LogP contribution in [0.4, 0.5) is 4.79 Å². The van der Waals surface area contributed by atoms with Crippen LogP contribution in [-0.4, -0.2) is 66.9 Å². The van der Waals surface area contributed by atoms with Crippen molar-refractivity contribution in [2.45, 2.75) is 37.8 Å². The summed E-state index contributed by atoms with van der Waals surface area (Å²) in [5.41, 5.74) is 0. The molecular formula is C13H23N3O4. The lowest BCUT2D eigenvalue weighted by molar-refractivity contribution is -0.137. The predicted octanol–water partition coefficient (Wildman–Crippen LogP) is 0.0136. The van der Waals surface area contributed by atoms with Gasteiger partial charge in [0.25, 0.3) is 0 Å². The number of morpholine rings is 1. The second-order valence-electron chi connectivity index (χ2n) is 5.38. The lowest BCUT2D eigenvalue weighted by Crippen LogP contribution is -2.51. The van der Waals surface area contributed by atoms with Crippen LogP contribution in [0, 0.1) is 0 Å². The maximum atomic E-state index is 11.5. The van der Waals surface area contributed by atoms with Gasteiger partial charge in [-0.25, -0.2) is 4.79 Å². The standard InChI is InChI=1S/C13H23N3O4/c17-12(18)4-1-5-14-13(19)15-7-11-8-16-6-2-3-10(16)9-20-11/h10-11H,1-9H2,(H,17,18)(H2,14,15,19). The number of carboxylic acid groups (broad SMARTS) is 1. The van der Waals surface area contributed by atoms with Gasteiger partial charge in [0.2, 0.25) is 0 Å². The first-order valence-corrected chi connectivity index (χ1v) is 7.24. The third-order valence-electron chi connectivity index (χ3n) is 3.80. The van der Waals surface area contributed by atoms with E-state index >= 15 is 0 Å². The molecule has 3 N–H and O–H groups in total. The van der Waals surface area contributed by atoms with Crippen molar-refractivity contribution in [1.29, 1.82) is 0 Å². The number of aliphatic carboxylic acids is 1. The van der Waals surface area contributed by atoms with E-state index in [-0.39, 0.29) is 18.6 Å². The molecule has 2 atom stereocenters. The minimum absolute atomic E-state index is 0.0501. The molecule has 7 nitrogen and oxygen atoms in total. The normalized spacial score (nSPS) is 26.0. The van der Waals surface area contributed by atoms with Gasteiger partial charge < -0.3 is 20.5 Å². The molecule has 2 aliphatic heterocycles. The van der Waals surface area contributed by atoms with Crippen LogP contribution in [0.1, 0.15) is 25.7 Å². The van der Waals surface area contributed by atoms with E-state index in [0.717, 1.165) is 19.7 Å². The monoisotopic (exact) mass is 285 g/mol. The molecule has 2 fully saturated rings. The number of urea groups is 1. The Bertz CT molecular complexity index is 351. The number of amides is 2. The lowest BCUT2D eigenvalue weighted by atomic mass is 10.2. The number of ether oxygens (including phenoxy) is 1. The highest BCUT2D eigenvalue weighted by atomic mass is 16.5. The quantitative estimate of drug-likeness (QED) is 0.598. The maximum Gasteiger partial charge on any atom is 0.314 e. The predicted molar refractivity (Wildman–Crippen MR) is 72.6 cm³/mol. The Morgan fingerprint density at radius 2 is 2.20 bits per heavy atom. The molecule has 114 valence electrons. The SMILES string of the molecule is O=C(O)CCCNC(=O)NCC1CN2CCCC2CO1. The minimum Gasteiger partial charge on any atom is -0.481 e. The molecule has 20 heavy (non-hydrogen) atoms. The van der Waals surface area contributed by atoms with Gasteiger partial charge in [0, 0.05) is 32.1 Å². The molecule has 2 amide bonds. The zero-order chi connectivity index (χ0) is 14.4. The van der Waals surface area contributed by atoms with Crippen LogP contribution in [0.3, 0.4) is 0 Å². The van der Waals surface area contributed by atoms with E-state index < -0.39 is 5.97 Å². The van der Waals surface area contributed by atoms with Crippen LogP contribution in [0.5, 0.6) is 0 Å². The minimum atomic E-state index is -0.844. The van der Waals surface area contributed by atoms with Gasteiger partial charge in [-0.05, 0) is 25.8 Å². The van der Waals surface area contributed by atoms with Crippen LogP contribution >= 0.6 is 0 Å². The van der Waals surface area contributed by atoms with Crippen molar-refractivity contribution >= 4 is 12.0 Å². The van der Waals surface area contributed by atoms with Crippen LogP contribution in [-0.2, 0) is 9.53 Å². The molecule has 0 aliphatic carbocycles. The van der Waals surface area contributed by atoms with Crippen LogP contribution in [0.2, 0.25) is 0 Å². The fourth-order valence-corrected chi connectivity index (χ4v) is 2.72. The summed E-state index contributed by atoms with van der Waals surface area (Å²) in [4.78, 5) is 24.3. The summed E-state index contributed by atoms with van der Waals surface area (Å²) in [7, 11) is 0. The Labute approximate surface area is 118 Å². The van der Waals surface area contributed by atoms with E-state index in [2.05, 4.69) is 15.5 Å². The Balaban J connectivity index is 1.55. The van der Waals surface area contributed by atoms with Gasteiger partial charge >= 0.3 is 12.0 Å². The second-order valence-corrected chi connectivity index (χ2v) is 5.38. The number of hydrogen-bond donors (Lipinski definition) is 3. The number of carbonyl (C=O) groups is 2. The summed E-state index contributed by atoms with van der Waals surface area (Å²) >= 11 is 0. The maximum absolute atomic E-state index is 11.5. The summed E-state index contributed by atoms with van der Waals surface area (Å²) in [5, 5.41) is 13.9. The van der Waals surface area contributed by atoms with E-state index in [1.54, 1.807) is 0 Å². The van der Waals surface area contributed by atoms with Gasteiger partial charge in [-0.3, -0.25) is 9.69 Å². The van der Waals surface area contributed by atoms with E-state index in [0.29, 0.717) is 25.6 Å². The highest BCUT2D eigenvalue weighted by molar-refractivity contribution is 5.73. The molecule has 0 aromatic heterocycles. The largest absolute Gasteiger partial charge is 0.481 e. The van der Waals surface area contributed by atoms with Crippen molar-refractivity contribution in [3.8, 4) is 0 Å². The Morgan fingerprint density at radius 3 is 3.00 bits per heavy atom. The summed E-state index contributed by atoms with van der Waals surface area (Å²) in [5.74, 6) is -0.844. The average Bonchev–Trinajstić information content (AvgIpc) is 2.88. The molecule has 0 spiro atoms. The summed E-state index contributed by atoms with van der Waals surface area (Å²) in [6.07, 6.45) is 3.01. The molecule has 0 saturated carbocycles. The van der Waals surface area contributed by atoms with Gasteiger partial charge in [-0.15, -0.1) is 0 Å². The number of carboxylic acids is 1. The van der Waals surface area contributed by atoms with E-state index in [4.69, 9.17) is 9.84 Å². The lowest BCUT2D eigenvalue weighted by Gasteiger charge is -2.35. The molecule has 2 aliphatic rings. The highest BCUT2D eigenvalue weighted by Crippen LogP contribution is 2.22. The topological polar surface area (TPSA) is 90.9 Å². The fourth-order valence-electron chi connectivity index (χ4n) is 2.72. The number of carbonyl (C=O) groups excluding carboxylic acids is 1. The fraction of sp³-hybridized carbons (Fsp3) is 0.846. The van der Waals surface area contributed by atoms with Crippen molar-refractivity contribution in [3.05, 3.63) is 0 Å². The second kappa shape index (κ2) is 7.44. The molecule has 2 rings (SSSR count). The summed E-state index contributed by atoms with van der Waals surface area (Å²) in [6.45, 7) is 3.63. The van der Waals surface area contributed by atoms with Crippen molar-refractivity contribution in [1.82, 2.24) is 15.5 Å². The summed E-state index contributed by atoms with van der Waals surface area (Å²) in [6, 6.07) is 0.304. The molecule has 0 aromatic carbocycles. The van der Waals surface area contributed by atoms with E-state index in [1.165, 1.54) is 12.8 Å². The Kier molecular flexibility index (Phi) is 5.60. The van der Waals surface area contributed by atoms with E-state index in [9.17, 15) is 9.59 Å². The molecule has 0 aromatic rings. The van der Waals surface area contributed by atoms with Gasteiger partial charge in [0.05, 0.1) is 12.7 Å². The highest BCUT2D eigenvalue weighted by Gasteiger charge is 2.32. The van der Waals surface area contributed by atoms with E-state index in [1.807, 2.05) is 0 Å². The number of hydrogen-bond acceptors (Lipinski definition) is 4. The molecule has 2 unspecified atom stereocenters. The van der Waals surface area contributed by atoms with Crippen molar-refractivity contribution < 1.29 is 19.4 Å². The molecule has 2 heterocycles. The van der Waals surface area contributed by atoms with Crippen LogP contribution < -0.4 is 10.6 Å². The van der Waals surface area contributed by atoms with Gasteiger partial charge in [-0.1, -0.05) is 0 Å². The number of fused-ring (bicyclic) bond motifs is 1. The smallest absolute Gasteiger partial charge is 0.314 e. The average molecular weight is 285 g/mol. The van der Waals surface area contributed by atoms with Crippen molar-refractivity contribution in [2.24, 2.45) is 0 Å². The third kappa shape index (κ3) is 4.64. The van der Waals surface area contributed by atoms with Gasteiger partial charge in [0.15, 0.2) is 0 Å². The molecule has 0 bridgehead atoms. The Hall–Kier alpha value is -1.34. The molecular weight excluding hydrogens is 262 g/mol. The first-order valence-electron chi connectivity index (χ1n) is 7.24.